The lowest BCUT2D eigenvalue weighted by molar-refractivity contribution is 0.0762. The van der Waals surface area contributed by atoms with Crippen LogP contribution in [0.5, 0.6) is 0 Å². The molecule has 1 aliphatic heterocycles. The Hall–Kier alpha value is -2.09. The van der Waals surface area contributed by atoms with Crippen LogP contribution in [-0.2, 0) is 0 Å². The number of aryl methyl sites for hydroxylation is 1. The molecule has 1 saturated heterocycles. The van der Waals surface area contributed by atoms with Crippen LogP contribution in [-0.4, -0.2) is 47.9 Å². The van der Waals surface area contributed by atoms with Gasteiger partial charge in [0.1, 0.15) is 0 Å². The number of anilines is 1. The van der Waals surface area contributed by atoms with Crippen molar-refractivity contribution in [3.8, 4) is 0 Å². The molecule has 2 aromatic rings. The SMILES string of the molecule is Cc1cc(I)ccc1NC(=O)N1CCCN(C(=O)c2ccccc2)CC1. The number of nitrogens with one attached hydrogen (secondary N) is 1. The summed E-state index contributed by atoms with van der Waals surface area (Å²) >= 11 is 2.26. The van der Waals surface area contributed by atoms with Gasteiger partial charge in [-0.05, 0) is 71.8 Å². The molecule has 2 aromatic carbocycles. The number of rotatable bonds is 2. The fourth-order valence-corrected chi connectivity index (χ4v) is 3.70. The molecule has 1 aliphatic rings. The smallest absolute Gasteiger partial charge is 0.321 e. The minimum absolute atomic E-state index is 0.0290. The van der Waals surface area contributed by atoms with Crippen LogP contribution in [0.3, 0.4) is 0 Å². The molecule has 6 heteroatoms. The molecule has 1 heterocycles. The van der Waals surface area contributed by atoms with Gasteiger partial charge in [0.15, 0.2) is 0 Å². The lowest BCUT2D eigenvalue weighted by Gasteiger charge is -2.23. The predicted molar refractivity (Wildman–Crippen MR) is 111 cm³/mol. The maximum absolute atomic E-state index is 12.6. The Morgan fingerprint density at radius 2 is 1.65 bits per heavy atom. The molecule has 26 heavy (non-hydrogen) atoms. The van der Waals surface area contributed by atoms with Gasteiger partial charge in [-0.3, -0.25) is 4.79 Å². The van der Waals surface area contributed by atoms with Crippen molar-refractivity contribution < 1.29 is 9.59 Å². The van der Waals surface area contributed by atoms with E-state index >= 15 is 0 Å². The zero-order valence-corrected chi connectivity index (χ0v) is 16.9. The van der Waals surface area contributed by atoms with Crippen LogP contribution >= 0.6 is 22.6 Å². The molecule has 3 amide bonds. The van der Waals surface area contributed by atoms with Gasteiger partial charge in [-0.2, -0.15) is 0 Å². The van der Waals surface area contributed by atoms with Crippen molar-refractivity contribution in [1.82, 2.24) is 9.80 Å². The van der Waals surface area contributed by atoms with Gasteiger partial charge in [0.05, 0.1) is 0 Å². The first kappa shape index (κ1) is 18.7. The van der Waals surface area contributed by atoms with Gasteiger partial charge in [-0.25, -0.2) is 4.79 Å². The second-order valence-electron chi connectivity index (χ2n) is 6.39. The number of halogens is 1. The Bertz CT molecular complexity index is 795. The molecule has 0 aromatic heterocycles. The summed E-state index contributed by atoms with van der Waals surface area (Å²) in [5.41, 5.74) is 2.57. The summed E-state index contributed by atoms with van der Waals surface area (Å²) in [5.74, 6) is 0.0290. The lowest BCUT2D eigenvalue weighted by Crippen LogP contribution is -2.39. The Morgan fingerprint density at radius 3 is 2.38 bits per heavy atom. The van der Waals surface area contributed by atoms with E-state index in [9.17, 15) is 9.59 Å². The molecule has 1 fully saturated rings. The summed E-state index contributed by atoms with van der Waals surface area (Å²) in [7, 11) is 0. The zero-order valence-electron chi connectivity index (χ0n) is 14.7. The van der Waals surface area contributed by atoms with Gasteiger partial charge in [0.25, 0.3) is 5.91 Å². The normalized spacial score (nSPS) is 14.7. The molecule has 0 unspecified atom stereocenters. The third-order valence-corrected chi connectivity index (χ3v) is 5.19. The fraction of sp³-hybridized carbons (Fsp3) is 0.300. The molecule has 1 N–H and O–H groups in total. The number of carbonyl (C=O) groups is 2. The Morgan fingerprint density at radius 1 is 0.962 bits per heavy atom. The van der Waals surface area contributed by atoms with Crippen molar-refractivity contribution in [1.29, 1.82) is 0 Å². The molecule has 0 saturated carbocycles. The quantitative estimate of drug-likeness (QED) is 0.686. The Balaban J connectivity index is 1.61. The fourth-order valence-electron chi connectivity index (χ4n) is 3.05. The van der Waals surface area contributed by atoms with Gasteiger partial charge in [0, 0.05) is 41.0 Å². The molecule has 5 nitrogen and oxygen atoms in total. The van der Waals surface area contributed by atoms with Gasteiger partial charge in [-0.15, -0.1) is 0 Å². The highest BCUT2D eigenvalue weighted by molar-refractivity contribution is 14.1. The average Bonchev–Trinajstić information content (AvgIpc) is 2.90. The first-order chi connectivity index (χ1) is 12.5. The number of hydrogen-bond acceptors (Lipinski definition) is 2. The van der Waals surface area contributed by atoms with Crippen molar-refractivity contribution in [2.45, 2.75) is 13.3 Å². The van der Waals surface area contributed by atoms with Crippen LogP contribution in [0.2, 0.25) is 0 Å². The minimum Gasteiger partial charge on any atom is -0.337 e. The molecular weight excluding hydrogens is 441 g/mol. The third kappa shape index (κ3) is 4.55. The molecule has 0 aliphatic carbocycles. The maximum Gasteiger partial charge on any atom is 0.321 e. The number of nitrogens with zero attached hydrogens (tertiary/aromatic N) is 2. The molecule has 136 valence electrons. The second kappa shape index (κ2) is 8.53. The first-order valence-electron chi connectivity index (χ1n) is 8.71. The van der Waals surface area contributed by atoms with Crippen LogP contribution in [0.4, 0.5) is 10.5 Å². The highest BCUT2D eigenvalue weighted by atomic mass is 127. The molecule has 0 spiro atoms. The number of carbonyl (C=O) groups excluding carboxylic acids is 2. The van der Waals surface area contributed by atoms with E-state index in [2.05, 4.69) is 27.9 Å². The van der Waals surface area contributed by atoms with Crippen molar-refractivity contribution in [2.75, 3.05) is 31.5 Å². The second-order valence-corrected chi connectivity index (χ2v) is 7.63. The van der Waals surface area contributed by atoms with E-state index in [4.69, 9.17) is 0 Å². The summed E-state index contributed by atoms with van der Waals surface area (Å²) in [4.78, 5) is 28.8. The lowest BCUT2D eigenvalue weighted by atomic mass is 10.2. The van der Waals surface area contributed by atoms with Gasteiger partial charge in [0.2, 0.25) is 0 Å². The number of amides is 3. The van der Waals surface area contributed by atoms with Crippen molar-refractivity contribution >= 4 is 40.2 Å². The van der Waals surface area contributed by atoms with Gasteiger partial charge < -0.3 is 15.1 Å². The van der Waals surface area contributed by atoms with E-state index in [-0.39, 0.29) is 11.9 Å². The summed E-state index contributed by atoms with van der Waals surface area (Å²) in [5, 5.41) is 2.99. The topological polar surface area (TPSA) is 52.7 Å². The van der Waals surface area contributed by atoms with E-state index in [1.807, 2.05) is 60.4 Å². The van der Waals surface area contributed by atoms with Crippen LogP contribution < -0.4 is 5.32 Å². The number of benzene rings is 2. The van der Waals surface area contributed by atoms with E-state index in [1.54, 1.807) is 4.90 Å². The third-order valence-electron chi connectivity index (χ3n) is 4.52. The molecular formula is C20H22IN3O2. The standard InChI is InChI=1S/C20H22IN3O2/c1-15-14-17(21)8-9-18(15)22-20(26)24-11-5-10-23(12-13-24)19(25)16-6-3-2-4-7-16/h2-4,6-9,14H,5,10-13H2,1H3,(H,22,26). The molecule has 3 rings (SSSR count). The average molecular weight is 463 g/mol. The van der Waals surface area contributed by atoms with Crippen LogP contribution in [0, 0.1) is 10.5 Å². The van der Waals surface area contributed by atoms with Gasteiger partial charge in [-0.1, -0.05) is 18.2 Å². The molecule has 0 atom stereocenters. The highest BCUT2D eigenvalue weighted by Gasteiger charge is 2.23. The zero-order chi connectivity index (χ0) is 18.5. The first-order valence-corrected chi connectivity index (χ1v) is 9.79. The number of urea groups is 1. The van der Waals surface area contributed by atoms with E-state index in [0.717, 1.165) is 21.2 Å². The summed E-state index contributed by atoms with van der Waals surface area (Å²) < 4.78 is 1.14. The summed E-state index contributed by atoms with van der Waals surface area (Å²) in [6.45, 7) is 4.38. The molecule has 0 bridgehead atoms. The van der Waals surface area contributed by atoms with Crippen molar-refractivity contribution in [2.24, 2.45) is 0 Å². The van der Waals surface area contributed by atoms with E-state index in [1.165, 1.54) is 0 Å². The highest BCUT2D eigenvalue weighted by Crippen LogP contribution is 2.18. The Labute approximate surface area is 167 Å². The van der Waals surface area contributed by atoms with E-state index in [0.29, 0.717) is 31.7 Å². The van der Waals surface area contributed by atoms with Crippen LogP contribution in [0.25, 0.3) is 0 Å². The minimum atomic E-state index is -0.108. The van der Waals surface area contributed by atoms with Gasteiger partial charge >= 0.3 is 6.03 Å². The predicted octanol–water partition coefficient (Wildman–Crippen LogP) is 3.98. The monoisotopic (exact) mass is 463 g/mol. The van der Waals surface area contributed by atoms with Crippen molar-refractivity contribution in [3.05, 3.63) is 63.2 Å². The van der Waals surface area contributed by atoms with Crippen molar-refractivity contribution in [3.63, 3.8) is 0 Å². The largest absolute Gasteiger partial charge is 0.337 e. The Kier molecular flexibility index (Phi) is 6.13. The van der Waals surface area contributed by atoms with Crippen LogP contribution in [0.15, 0.2) is 48.5 Å². The maximum atomic E-state index is 12.6. The van der Waals surface area contributed by atoms with E-state index < -0.39 is 0 Å². The summed E-state index contributed by atoms with van der Waals surface area (Å²) in [6.07, 6.45) is 0.775. The molecule has 0 radical (unpaired) electrons. The number of hydrogen-bond donors (Lipinski definition) is 1. The van der Waals surface area contributed by atoms with Crippen LogP contribution in [0.1, 0.15) is 22.3 Å². The summed E-state index contributed by atoms with van der Waals surface area (Å²) in [6, 6.07) is 15.1.